The van der Waals surface area contributed by atoms with Crippen LogP contribution in [-0.4, -0.2) is 22.7 Å². The first-order valence-corrected chi connectivity index (χ1v) is 10.0. The lowest BCUT2D eigenvalue weighted by Gasteiger charge is -2.30. The standard InChI is InChI=1S/C20H12F4N2O3S2/c21-13-4-11(3-12(7-13)20(22,23)24)8-26-14-5-10(1-2-15(14)29-9-17(26)27)6-16-18(28)25-19(30)31-16/h1-7H,8-9H2,(H,25,28,30)/b16-6+. The van der Waals surface area contributed by atoms with Crippen LogP contribution in [0, 0.1) is 5.82 Å². The molecule has 2 aromatic carbocycles. The molecule has 160 valence electrons. The van der Waals surface area contributed by atoms with Gasteiger partial charge in [-0.15, -0.1) is 0 Å². The number of amides is 2. The molecule has 2 aromatic rings. The summed E-state index contributed by atoms with van der Waals surface area (Å²) in [6.07, 6.45) is -3.15. The van der Waals surface area contributed by atoms with Crippen molar-refractivity contribution in [3.05, 3.63) is 63.8 Å². The molecule has 0 unspecified atom stereocenters. The van der Waals surface area contributed by atoms with Crippen molar-refractivity contribution in [3.63, 3.8) is 0 Å². The average Bonchev–Trinajstić information content (AvgIpc) is 3.00. The molecule has 2 heterocycles. The molecule has 2 amide bonds. The van der Waals surface area contributed by atoms with E-state index >= 15 is 0 Å². The van der Waals surface area contributed by atoms with Crippen molar-refractivity contribution in [1.29, 1.82) is 0 Å². The molecule has 1 saturated heterocycles. The van der Waals surface area contributed by atoms with Crippen molar-refractivity contribution in [2.24, 2.45) is 0 Å². The molecular formula is C20H12F4N2O3S2. The number of benzene rings is 2. The van der Waals surface area contributed by atoms with E-state index < -0.39 is 23.5 Å². The van der Waals surface area contributed by atoms with Gasteiger partial charge in [-0.3, -0.25) is 9.59 Å². The van der Waals surface area contributed by atoms with Gasteiger partial charge < -0.3 is 15.0 Å². The summed E-state index contributed by atoms with van der Waals surface area (Å²) >= 11 is 6.03. The van der Waals surface area contributed by atoms with Gasteiger partial charge in [-0.25, -0.2) is 4.39 Å². The van der Waals surface area contributed by atoms with E-state index in [1.807, 2.05) is 0 Å². The van der Waals surface area contributed by atoms with E-state index in [-0.39, 0.29) is 24.6 Å². The van der Waals surface area contributed by atoms with E-state index in [1.54, 1.807) is 24.3 Å². The Morgan fingerprint density at radius 1 is 1.19 bits per heavy atom. The summed E-state index contributed by atoms with van der Waals surface area (Å²) in [7, 11) is 0. The summed E-state index contributed by atoms with van der Waals surface area (Å²) in [5.41, 5.74) is -0.301. The first-order valence-electron chi connectivity index (χ1n) is 8.79. The van der Waals surface area contributed by atoms with Crippen LogP contribution in [-0.2, 0) is 22.3 Å². The van der Waals surface area contributed by atoms with Crippen molar-refractivity contribution < 1.29 is 31.9 Å². The first kappa shape index (κ1) is 21.3. The highest BCUT2D eigenvalue weighted by molar-refractivity contribution is 8.26. The Hall–Kier alpha value is -2.92. The molecule has 1 fully saturated rings. The first-order chi connectivity index (χ1) is 14.6. The third-order valence-electron chi connectivity index (χ3n) is 4.49. The van der Waals surface area contributed by atoms with E-state index in [0.29, 0.717) is 32.3 Å². The van der Waals surface area contributed by atoms with Crippen LogP contribution in [0.1, 0.15) is 16.7 Å². The van der Waals surface area contributed by atoms with E-state index in [1.165, 1.54) is 4.90 Å². The van der Waals surface area contributed by atoms with Crippen LogP contribution < -0.4 is 15.0 Å². The summed E-state index contributed by atoms with van der Waals surface area (Å²) in [4.78, 5) is 25.9. The summed E-state index contributed by atoms with van der Waals surface area (Å²) in [5, 5.41) is 2.49. The fourth-order valence-electron chi connectivity index (χ4n) is 3.14. The van der Waals surface area contributed by atoms with E-state index in [0.717, 1.165) is 23.9 Å². The second-order valence-electron chi connectivity index (χ2n) is 6.69. The van der Waals surface area contributed by atoms with Gasteiger partial charge in [0.2, 0.25) is 0 Å². The molecule has 31 heavy (non-hydrogen) atoms. The van der Waals surface area contributed by atoms with E-state index in [9.17, 15) is 27.2 Å². The highest BCUT2D eigenvalue weighted by Gasteiger charge is 2.32. The molecule has 0 radical (unpaired) electrons. The topological polar surface area (TPSA) is 58.6 Å². The molecule has 0 spiro atoms. The molecular weight excluding hydrogens is 456 g/mol. The Morgan fingerprint density at radius 2 is 1.97 bits per heavy atom. The molecule has 0 aromatic heterocycles. The van der Waals surface area contributed by atoms with Gasteiger partial charge >= 0.3 is 6.18 Å². The average molecular weight is 468 g/mol. The van der Waals surface area contributed by atoms with Gasteiger partial charge in [-0.05, 0) is 47.5 Å². The quantitative estimate of drug-likeness (QED) is 0.415. The van der Waals surface area contributed by atoms with Crippen molar-refractivity contribution in [2.75, 3.05) is 11.5 Å². The third-order valence-corrected chi connectivity index (χ3v) is 5.65. The highest BCUT2D eigenvalue weighted by Crippen LogP contribution is 2.37. The van der Waals surface area contributed by atoms with Crippen LogP contribution in [0.2, 0.25) is 0 Å². The number of hydrogen-bond donors (Lipinski definition) is 1. The number of fused-ring (bicyclic) bond motifs is 1. The van der Waals surface area contributed by atoms with Crippen LogP contribution in [0.4, 0.5) is 23.2 Å². The van der Waals surface area contributed by atoms with Crippen LogP contribution in [0.3, 0.4) is 0 Å². The molecule has 0 aliphatic carbocycles. The Balaban J connectivity index is 1.69. The van der Waals surface area contributed by atoms with Crippen molar-refractivity contribution in [1.82, 2.24) is 5.32 Å². The Bertz CT molecular complexity index is 1150. The molecule has 0 bridgehead atoms. The second-order valence-corrected chi connectivity index (χ2v) is 8.41. The molecule has 0 saturated carbocycles. The predicted molar refractivity (Wildman–Crippen MR) is 111 cm³/mol. The molecule has 0 atom stereocenters. The fourth-order valence-corrected chi connectivity index (χ4v) is 4.19. The van der Waals surface area contributed by atoms with Gasteiger partial charge in [-0.1, -0.05) is 30.0 Å². The Morgan fingerprint density at radius 3 is 2.65 bits per heavy atom. The van der Waals surface area contributed by atoms with Crippen LogP contribution in [0.5, 0.6) is 5.75 Å². The number of nitrogens with one attached hydrogen (secondary N) is 1. The monoisotopic (exact) mass is 468 g/mol. The maximum Gasteiger partial charge on any atom is 0.416 e. The van der Waals surface area contributed by atoms with E-state index in [2.05, 4.69) is 5.32 Å². The maximum absolute atomic E-state index is 13.8. The van der Waals surface area contributed by atoms with Gasteiger partial charge in [0.1, 0.15) is 15.9 Å². The lowest BCUT2D eigenvalue weighted by atomic mass is 10.1. The second kappa shape index (κ2) is 7.97. The summed E-state index contributed by atoms with van der Waals surface area (Å²) < 4.78 is 58.6. The number of carbonyl (C=O) groups is 2. The summed E-state index contributed by atoms with van der Waals surface area (Å²) in [6, 6.07) is 6.97. The molecule has 2 aliphatic rings. The van der Waals surface area contributed by atoms with E-state index in [4.69, 9.17) is 17.0 Å². The van der Waals surface area contributed by atoms with Crippen LogP contribution >= 0.6 is 24.0 Å². The number of nitrogens with zero attached hydrogens (tertiary/aromatic N) is 1. The fraction of sp³-hybridized carbons (Fsp3) is 0.150. The number of ether oxygens (including phenoxy) is 1. The third kappa shape index (κ3) is 4.57. The Kier molecular flexibility index (Phi) is 5.48. The highest BCUT2D eigenvalue weighted by atomic mass is 32.2. The summed E-state index contributed by atoms with van der Waals surface area (Å²) in [5.74, 6) is -1.56. The smallest absolute Gasteiger partial charge is 0.416 e. The van der Waals surface area contributed by atoms with Crippen LogP contribution in [0.15, 0.2) is 41.3 Å². The van der Waals surface area contributed by atoms with Gasteiger partial charge in [0.15, 0.2) is 6.61 Å². The molecule has 1 N–H and O–H groups in total. The van der Waals surface area contributed by atoms with Crippen molar-refractivity contribution in [2.45, 2.75) is 12.7 Å². The predicted octanol–water partition coefficient (Wildman–Crippen LogP) is 4.26. The summed E-state index contributed by atoms with van der Waals surface area (Å²) in [6.45, 7) is -0.587. The van der Waals surface area contributed by atoms with Gasteiger partial charge in [0.05, 0.1) is 22.7 Å². The lowest BCUT2D eigenvalue weighted by molar-refractivity contribution is -0.137. The van der Waals surface area contributed by atoms with Crippen LogP contribution in [0.25, 0.3) is 6.08 Å². The number of thiocarbonyl (C=S) groups is 1. The van der Waals surface area contributed by atoms with Crippen molar-refractivity contribution in [3.8, 4) is 5.75 Å². The molecule has 5 nitrogen and oxygen atoms in total. The molecule has 11 heteroatoms. The largest absolute Gasteiger partial charge is 0.482 e. The molecule has 2 aliphatic heterocycles. The lowest BCUT2D eigenvalue weighted by Crippen LogP contribution is -2.38. The number of rotatable bonds is 3. The number of thioether (sulfide) groups is 1. The zero-order valence-corrected chi connectivity index (χ0v) is 17.1. The Labute approximate surface area is 183 Å². The number of anilines is 1. The molecule has 4 rings (SSSR count). The number of carbonyl (C=O) groups excluding carboxylic acids is 2. The van der Waals surface area contributed by atoms with Gasteiger partial charge in [0.25, 0.3) is 11.8 Å². The minimum Gasteiger partial charge on any atom is -0.482 e. The van der Waals surface area contributed by atoms with Gasteiger partial charge in [-0.2, -0.15) is 13.2 Å². The van der Waals surface area contributed by atoms with Gasteiger partial charge in [0, 0.05) is 0 Å². The zero-order chi connectivity index (χ0) is 22.3. The number of hydrogen-bond acceptors (Lipinski definition) is 5. The SMILES string of the molecule is O=C1NC(=S)S/C1=C/c1ccc2c(c1)N(Cc1cc(F)cc(C(F)(F)F)c1)C(=O)CO2. The maximum atomic E-state index is 13.8. The van der Waals surface area contributed by atoms with Crippen molar-refractivity contribution >= 4 is 51.9 Å². The number of halogens is 4. The minimum absolute atomic E-state index is 0.0200. The minimum atomic E-state index is -4.72. The zero-order valence-electron chi connectivity index (χ0n) is 15.5. The normalized spacial score (nSPS) is 17.6. The number of alkyl halides is 3.